The summed E-state index contributed by atoms with van der Waals surface area (Å²) in [5.41, 5.74) is -0.164. The van der Waals surface area contributed by atoms with Crippen LogP contribution in [0.2, 0.25) is 5.02 Å². The molecule has 1 unspecified atom stereocenters. The molecule has 1 aromatic carbocycles. The molecule has 12 heteroatoms. The Morgan fingerprint density at radius 3 is 2.66 bits per heavy atom. The number of rotatable bonds is 6. The van der Waals surface area contributed by atoms with Crippen LogP contribution in [0.3, 0.4) is 0 Å². The predicted molar refractivity (Wildman–Crippen MR) is 113 cm³/mol. The summed E-state index contributed by atoms with van der Waals surface area (Å²) in [6, 6.07) is 5.34. The van der Waals surface area contributed by atoms with Crippen molar-refractivity contribution in [2.24, 2.45) is 0 Å². The van der Waals surface area contributed by atoms with Crippen LogP contribution in [0.4, 0.5) is 16.5 Å². The van der Waals surface area contributed by atoms with Gasteiger partial charge in [0.25, 0.3) is 11.6 Å². The van der Waals surface area contributed by atoms with Crippen LogP contribution in [0.25, 0.3) is 9.53 Å². The monoisotopic (exact) mass is 454 g/mol. The molecule has 3 rings (SSSR count). The van der Waals surface area contributed by atoms with Crippen molar-refractivity contribution in [1.82, 2.24) is 4.98 Å². The third kappa shape index (κ3) is 4.63. The number of halogens is 1. The minimum absolute atomic E-state index is 0.0609. The van der Waals surface area contributed by atoms with Gasteiger partial charge in [0, 0.05) is 26.2 Å². The van der Waals surface area contributed by atoms with Crippen molar-refractivity contribution >= 4 is 72.2 Å². The van der Waals surface area contributed by atoms with E-state index in [0.29, 0.717) is 9.71 Å². The normalized spacial score (nSPS) is 11.9. The molecule has 0 bridgehead atoms. The Balaban J connectivity index is 1.67. The zero-order chi connectivity index (χ0) is 21.3. The average molecular weight is 455 g/mol. The number of thiophene rings is 1. The van der Waals surface area contributed by atoms with Gasteiger partial charge >= 0.3 is 5.97 Å². The van der Waals surface area contributed by atoms with Gasteiger partial charge in [-0.3, -0.25) is 14.9 Å². The molecule has 2 heterocycles. The van der Waals surface area contributed by atoms with E-state index in [1.165, 1.54) is 41.7 Å². The number of non-ortho nitro benzene ring substituents is 1. The summed E-state index contributed by atoms with van der Waals surface area (Å²) in [7, 11) is 3.76. The van der Waals surface area contributed by atoms with Crippen LogP contribution in [-0.4, -0.2) is 42.0 Å². The molecule has 0 saturated heterocycles. The van der Waals surface area contributed by atoms with E-state index in [1.807, 2.05) is 19.0 Å². The number of ether oxygens (including phenoxy) is 1. The van der Waals surface area contributed by atoms with Gasteiger partial charge in [0.05, 0.1) is 20.3 Å². The summed E-state index contributed by atoms with van der Waals surface area (Å²) in [4.78, 5) is 42.3. The summed E-state index contributed by atoms with van der Waals surface area (Å²) < 4.78 is 6.07. The van der Waals surface area contributed by atoms with Crippen LogP contribution in [0.5, 0.6) is 0 Å². The minimum atomic E-state index is -1.14. The molecule has 0 saturated carbocycles. The van der Waals surface area contributed by atoms with Gasteiger partial charge in [0.15, 0.2) is 11.2 Å². The van der Waals surface area contributed by atoms with Gasteiger partial charge in [0.2, 0.25) is 0 Å². The number of nitro benzene ring substituents is 1. The van der Waals surface area contributed by atoms with Crippen molar-refractivity contribution in [2.45, 2.75) is 13.0 Å². The van der Waals surface area contributed by atoms with E-state index < -0.39 is 22.9 Å². The molecule has 0 aliphatic heterocycles. The fourth-order valence-corrected chi connectivity index (χ4v) is 4.43. The second kappa shape index (κ2) is 8.31. The van der Waals surface area contributed by atoms with E-state index in [9.17, 15) is 19.7 Å². The van der Waals surface area contributed by atoms with E-state index >= 15 is 0 Å². The van der Waals surface area contributed by atoms with Crippen molar-refractivity contribution in [1.29, 1.82) is 0 Å². The molecule has 3 aromatic rings. The van der Waals surface area contributed by atoms with E-state index in [-0.39, 0.29) is 16.4 Å². The lowest BCUT2D eigenvalue weighted by Crippen LogP contribution is -2.29. The number of nitro groups is 1. The third-order valence-electron chi connectivity index (χ3n) is 3.73. The zero-order valence-electron chi connectivity index (χ0n) is 15.5. The number of carbonyl (C=O) groups excluding carboxylic acids is 2. The summed E-state index contributed by atoms with van der Waals surface area (Å²) in [5.74, 6) is -1.31. The molecule has 0 fully saturated rings. The Labute approximate surface area is 178 Å². The predicted octanol–water partition coefficient (Wildman–Crippen LogP) is 4.17. The van der Waals surface area contributed by atoms with Crippen molar-refractivity contribution in [2.75, 3.05) is 24.3 Å². The molecule has 1 amide bonds. The maximum Gasteiger partial charge on any atom is 0.349 e. The smallest absolute Gasteiger partial charge is 0.349 e. The van der Waals surface area contributed by atoms with Crippen molar-refractivity contribution in [3.63, 3.8) is 0 Å². The first-order chi connectivity index (χ1) is 13.7. The molecule has 1 atom stereocenters. The van der Waals surface area contributed by atoms with Crippen LogP contribution in [0, 0.1) is 10.1 Å². The van der Waals surface area contributed by atoms with Gasteiger partial charge in [-0.1, -0.05) is 22.9 Å². The number of amides is 1. The summed E-state index contributed by atoms with van der Waals surface area (Å²) in [6.45, 7) is 1.40. The van der Waals surface area contributed by atoms with Gasteiger partial charge in [-0.2, -0.15) is 0 Å². The van der Waals surface area contributed by atoms with Crippen molar-refractivity contribution in [3.05, 3.63) is 44.3 Å². The number of esters is 1. The second-order valence-electron chi connectivity index (χ2n) is 6.13. The number of aromatic nitrogens is 1. The van der Waals surface area contributed by atoms with Gasteiger partial charge in [-0.05, 0) is 19.1 Å². The molecule has 0 radical (unpaired) electrons. The Morgan fingerprint density at radius 1 is 1.31 bits per heavy atom. The number of nitrogens with zero attached hydrogens (tertiary/aromatic N) is 3. The molecule has 152 valence electrons. The lowest BCUT2D eigenvalue weighted by Gasteiger charge is -2.13. The largest absolute Gasteiger partial charge is 0.448 e. The zero-order valence-corrected chi connectivity index (χ0v) is 17.9. The maximum absolute atomic E-state index is 12.4. The first kappa shape index (κ1) is 21.0. The number of benzene rings is 1. The average Bonchev–Trinajstić information content (AvgIpc) is 3.22. The standard InChI is InChI=1S/C17H15ClN4O5S2/c1-8(14(23)19-11-6-9(22(25)26)4-5-10(11)18)27-16(24)13-7-12-15(28-13)20-17(29-12)21(2)3/h4-8H,1-3H3,(H,19,23). The van der Waals surface area contributed by atoms with Gasteiger partial charge in [0.1, 0.15) is 9.71 Å². The van der Waals surface area contributed by atoms with Crippen LogP contribution < -0.4 is 10.2 Å². The fourth-order valence-electron chi connectivity index (χ4n) is 2.24. The number of anilines is 2. The molecule has 29 heavy (non-hydrogen) atoms. The summed E-state index contributed by atoms with van der Waals surface area (Å²) in [6.07, 6.45) is -1.14. The second-order valence-corrected chi connectivity index (χ2v) is 8.58. The molecule has 0 spiro atoms. The SMILES string of the molecule is CC(OC(=O)c1cc2sc(N(C)C)nc2s1)C(=O)Nc1cc([N+](=O)[O-])ccc1Cl. The minimum Gasteiger partial charge on any atom is -0.448 e. The quantitative estimate of drug-likeness (QED) is 0.337. The fraction of sp³-hybridized carbons (Fsp3) is 0.235. The van der Waals surface area contributed by atoms with Crippen LogP contribution in [0.15, 0.2) is 24.3 Å². The van der Waals surface area contributed by atoms with E-state index in [2.05, 4.69) is 10.3 Å². The highest BCUT2D eigenvalue weighted by Crippen LogP contribution is 2.34. The third-order valence-corrected chi connectivity index (χ3v) is 6.37. The lowest BCUT2D eigenvalue weighted by atomic mass is 10.2. The molecular formula is C17H15ClN4O5S2. The van der Waals surface area contributed by atoms with Gasteiger partial charge in [-0.25, -0.2) is 9.78 Å². The summed E-state index contributed by atoms with van der Waals surface area (Å²) >= 11 is 8.59. The highest BCUT2D eigenvalue weighted by Gasteiger charge is 2.23. The van der Waals surface area contributed by atoms with Crippen LogP contribution in [0.1, 0.15) is 16.6 Å². The number of hydrogen-bond donors (Lipinski definition) is 1. The Morgan fingerprint density at radius 2 is 2.03 bits per heavy atom. The number of hydrogen-bond acceptors (Lipinski definition) is 9. The van der Waals surface area contributed by atoms with E-state index in [0.717, 1.165) is 15.9 Å². The van der Waals surface area contributed by atoms with Gasteiger partial charge in [-0.15, -0.1) is 11.3 Å². The van der Waals surface area contributed by atoms with Crippen LogP contribution in [-0.2, 0) is 9.53 Å². The Kier molecular flexibility index (Phi) is 6.01. The molecular weight excluding hydrogens is 440 g/mol. The van der Waals surface area contributed by atoms with E-state index in [1.54, 1.807) is 6.07 Å². The van der Waals surface area contributed by atoms with Crippen LogP contribution >= 0.6 is 34.3 Å². The topological polar surface area (TPSA) is 115 Å². The highest BCUT2D eigenvalue weighted by atomic mass is 35.5. The molecule has 0 aliphatic rings. The number of nitrogens with one attached hydrogen (secondary N) is 1. The van der Waals surface area contributed by atoms with E-state index in [4.69, 9.17) is 16.3 Å². The van der Waals surface area contributed by atoms with Gasteiger partial charge < -0.3 is 15.0 Å². The van der Waals surface area contributed by atoms with Crippen molar-refractivity contribution < 1.29 is 19.2 Å². The first-order valence-corrected chi connectivity index (χ1v) is 10.2. The maximum atomic E-state index is 12.4. The Bertz CT molecular complexity index is 1080. The highest BCUT2D eigenvalue weighted by molar-refractivity contribution is 7.29. The number of thiazole rings is 1. The molecule has 1 N–H and O–H groups in total. The number of fused-ring (bicyclic) bond motifs is 1. The summed E-state index contributed by atoms with van der Waals surface area (Å²) in [5, 5.41) is 14.3. The molecule has 0 aliphatic carbocycles. The lowest BCUT2D eigenvalue weighted by molar-refractivity contribution is -0.384. The first-order valence-electron chi connectivity index (χ1n) is 8.19. The van der Waals surface area contributed by atoms with Crippen molar-refractivity contribution in [3.8, 4) is 0 Å². The molecule has 9 nitrogen and oxygen atoms in total. The number of carbonyl (C=O) groups is 2. The molecule has 2 aromatic heterocycles. The Hall–Kier alpha value is -2.76.